The molecule has 0 spiro atoms. The van der Waals surface area contributed by atoms with E-state index in [0.717, 1.165) is 13.0 Å². The zero-order valence-corrected chi connectivity index (χ0v) is 12.6. The molecule has 1 aliphatic rings. The Hall–Kier alpha value is -1.73. The van der Waals surface area contributed by atoms with Gasteiger partial charge >= 0.3 is 0 Å². The van der Waals surface area contributed by atoms with E-state index in [-0.39, 0.29) is 18.1 Å². The number of H-pyrrole nitrogens is 1. The van der Waals surface area contributed by atoms with Gasteiger partial charge in [-0.05, 0) is 32.4 Å². The summed E-state index contributed by atoms with van der Waals surface area (Å²) in [4.78, 5) is 28.4. The summed E-state index contributed by atoms with van der Waals surface area (Å²) in [5.41, 5.74) is 1.06. The molecular weight excluding hydrogens is 272 g/mol. The fourth-order valence-corrected chi connectivity index (χ4v) is 2.58. The Morgan fingerprint density at radius 3 is 2.76 bits per heavy atom. The highest BCUT2D eigenvalue weighted by atomic mass is 16.3. The van der Waals surface area contributed by atoms with E-state index >= 15 is 0 Å². The average molecular weight is 294 g/mol. The van der Waals surface area contributed by atoms with Gasteiger partial charge in [-0.3, -0.25) is 14.5 Å². The summed E-state index contributed by atoms with van der Waals surface area (Å²) in [6.07, 6.45) is 0.840. The third kappa shape index (κ3) is 3.48. The first kappa shape index (κ1) is 15.7. The molecule has 1 aromatic rings. The molecule has 7 nitrogen and oxygen atoms in total. The minimum atomic E-state index is -0.431. The first-order chi connectivity index (χ1) is 10.0. The van der Waals surface area contributed by atoms with Crippen LogP contribution in [0.25, 0.3) is 0 Å². The minimum Gasteiger partial charge on any atom is -0.395 e. The third-order valence-electron chi connectivity index (χ3n) is 3.98. The number of β-amino-alcohol motifs (C(OH)–C–C–N with tert-alkyl or cyclic N) is 1. The van der Waals surface area contributed by atoms with Crippen LogP contribution in [0.15, 0.2) is 4.79 Å². The lowest BCUT2D eigenvalue weighted by Gasteiger charge is -2.22. The van der Waals surface area contributed by atoms with Gasteiger partial charge in [-0.1, -0.05) is 0 Å². The van der Waals surface area contributed by atoms with Crippen molar-refractivity contribution in [1.29, 1.82) is 0 Å². The van der Waals surface area contributed by atoms with Crippen LogP contribution in [0.5, 0.6) is 0 Å². The van der Waals surface area contributed by atoms with Crippen molar-refractivity contribution in [2.75, 3.05) is 39.3 Å². The summed E-state index contributed by atoms with van der Waals surface area (Å²) >= 11 is 0. The molecule has 7 heteroatoms. The topological polar surface area (TPSA) is 89.5 Å². The highest BCUT2D eigenvalue weighted by Gasteiger charge is 2.24. The van der Waals surface area contributed by atoms with Gasteiger partial charge < -0.3 is 10.0 Å². The number of aryl methyl sites for hydroxylation is 1. The first-order valence-electron chi connectivity index (χ1n) is 7.23. The second-order valence-electron chi connectivity index (χ2n) is 5.35. The number of aliphatic hydroxyl groups excluding tert-OH is 1. The molecule has 0 aliphatic carbocycles. The first-order valence-corrected chi connectivity index (χ1v) is 7.23. The molecule has 0 atom stereocenters. The van der Waals surface area contributed by atoms with Gasteiger partial charge in [0.15, 0.2) is 0 Å². The van der Waals surface area contributed by atoms with E-state index in [1.54, 1.807) is 18.7 Å². The Morgan fingerprint density at radius 1 is 1.29 bits per heavy atom. The normalized spacial score (nSPS) is 16.8. The molecule has 2 rings (SSSR count). The molecule has 1 fully saturated rings. The van der Waals surface area contributed by atoms with Crippen LogP contribution in [0.1, 0.15) is 28.0 Å². The van der Waals surface area contributed by atoms with Crippen LogP contribution in [0.2, 0.25) is 0 Å². The van der Waals surface area contributed by atoms with Gasteiger partial charge in [-0.25, -0.2) is 5.10 Å². The Balaban J connectivity index is 2.17. The number of aromatic nitrogens is 2. The summed E-state index contributed by atoms with van der Waals surface area (Å²) in [7, 11) is 0. The maximum Gasteiger partial charge on any atom is 0.277 e. The molecule has 2 heterocycles. The lowest BCUT2D eigenvalue weighted by atomic mass is 10.1. The number of amides is 1. The Labute approximate surface area is 123 Å². The number of hydrogen-bond donors (Lipinski definition) is 2. The standard InChI is InChI=1S/C14H22N4O3/c1-10-11(2)15-16-13(20)12(10)14(21)18-5-3-4-17(6-7-18)8-9-19/h19H,3-9H2,1-2H3,(H,16,20). The smallest absolute Gasteiger partial charge is 0.277 e. The average Bonchev–Trinajstić information content (AvgIpc) is 2.69. The molecule has 0 bridgehead atoms. The monoisotopic (exact) mass is 294 g/mol. The van der Waals surface area contributed by atoms with Crippen molar-refractivity contribution >= 4 is 5.91 Å². The Morgan fingerprint density at radius 2 is 2.05 bits per heavy atom. The van der Waals surface area contributed by atoms with E-state index in [1.807, 2.05) is 0 Å². The van der Waals surface area contributed by atoms with Crippen molar-refractivity contribution in [3.63, 3.8) is 0 Å². The number of hydrogen-bond acceptors (Lipinski definition) is 5. The van der Waals surface area contributed by atoms with Crippen LogP contribution in [0.4, 0.5) is 0 Å². The highest BCUT2D eigenvalue weighted by molar-refractivity contribution is 5.95. The number of rotatable bonds is 3. The largest absolute Gasteiger partial charge is 0.395 e. The number of carbonyl (C=O) groups excluding carboxylic acids is 1. The molecule has 1 aliphatic heterocycles. The number of nitrogens with zero attached hydrogens (tertiary/aromatic N) is 3. The van der Waals surface area contributed by atoms with Crippen molar-refractivity contribution in [2.45, 2.75) is 20.3 Å². The van der Waals surface area contributed by atoms with Gasteiger partial charge in [0, 0.05) is 26.2 Å². The zero-order chi connectivity index (χ0) is 15.4. The molecule has 0 saturated carbocycles. The molecule has 1 amide bonds. The van der Waals surface area contributed by atoms with E-state index in [4.69, 9.17) is 5.11 Å². The fourth-order valence-electron chi connectivity index (χ4n) is 2.58. The molecule has 1 saturated heterocycles. The SMILES string of the molecule is Cc1n[nH]c(=O)c(C(=O)N2CCCN(CCO)CC2)c1C. The van der Waals surface area contributed by atoms with Crippen LogP contribution < -0.4 is 5.56 Å². The molecule has 1 aromatic heterocycles. The van der Waals surface area contributed by atoms with Gasteiger partial charge in [-0.2, -0.15) is 5.10 Å². The van der Waals surface area contributed by atoms with Crippen molar-refractivity contribution in [1.82, 2.24) is 20.0 Å². The van der Waals surface area contributed by atoms with Crippen molar-refractivity contribution in [2.24, 2.45) is 0 Å². The van der Waals surface area contributed by atoms with Gasteiger partial charge in [0.05, 0.1) is 12.3 Å². The summed E-state index contributed by atoms with van der Waals surface area (Å²) in [6.45, 7) is 7.03. The van der Waals surface area contributed by atoms with Crippen LogP contribution in [-0.2, 0) is 0 Å². The van der Waals surface area contributed by atoms with E-state index < -0.39 is 5.56 Å². The van der Waals surface area contributed by atoms with Crippen LogP contribution >= 0.6 is 0 Å². The maximum atomic E-state index is 12.6. The summed E-state index contributed by atoms with van der Waals surface area (Å²) in [5, 5.41) is 15.2. The third-order valence-corrected chi connectivity index (χ3v) is 3.98. The van der Waals surface area contributed by atoms with E-state index in [1.165, 1.54) is 0 Å². The summed E-state index contributed by atoms with van der Waals surface area (Å²) in [5.74, 6) is -0.231. The highest BCUT2D eigenvalue weighted by Crippen LogP contribution is 2.11. The number of aliphatic hydroxyl groups is 1. The van der Waals surface area contributed by atoms with Gasteiger partial charge in [0.1, 0.15) is 5.56 Å². The van der Waals surface area contributed by atoms with Crippen molar-refractivity contribution < 1.29 is 9.90 Å². The predicted molar refractivity (Wildman–Crippen MR) is 78.4 cm³/mol. The Bertz CT molecular complexity index is 570. The molecular formula is C14H22N4O3. The minimum absolute atomic E-state index is 0.121. The second-order valence-corrected chi connectivity index (χ2v) is 5.35. The van der Waals surface area contributed by atoms with E-state index in [9.17, 15) is 9.59 Å². The van der Waals surface area contributed by atoms with E-state index in [2.05, 4.69) is 15.1 Å². The number of nitrogens with one attached hydrogen (secondary N) is 1. The van der Waals surface area contributed by atoms with Gasteiger partial charge in [0.25, 0.3) is 11.5 Å². The predicted octanol–water partition coefficient (Wildman–Crippen LogP) is -0.473. The lowest BCUT2D eigenvalue weighted by molar-refractivity contribution is 0.0757. The fraction of sp³-hybridized carbons (Fsp3) is 0.643. The molecule has 21 heavy (non-hydrogen) atoms. The van der Waals surface area contributed by atoms with Crippen LogP contribution in [0, 0.1) is 13.8 Å². The quantitative estimate of drug-likeness (QED) is 0.786. The second kappa shape index (κ2) is 6.82. The van der Waals surface area contributed by atoms with Gasteiger partial charge in [-0.15, -0.1) is 0 Å². The molecule has 0 aromatic carbocycles. The van der Waals surface area contributed by atoms with Crippen molar-refractivity contribution in [3.8, 4) is 0 Å². The zero-order valence-electron chi connectivity index (χ0n) is 12.6. The van der Waals surface area contributed by atoms with Crippen LogP contribution in [-0.4, -0.2) is 70.3 Å². The molecule has 0 unspecified atom stereocenters. The molecule has 2 N–H and O–H groups in total. The molecule has 0 radical (unpaired) electrons. The Kier molecular flexibility index (Phi) is 5.08. The van der Waals surface area contributed by atoms with Gasteiger partial charge in [0.2, 0.25) is 0 Å². The number of carbonyl (C=O) groups is 1. The molecule has 116 valence electrons. The number of aromatic amines is 1. The van der Waals surface area contributed by atoms with Crippen molar-refractivity contribution in [3.05, 3.63) is 27.2 Å². The lowest BCUT2D eigenvalue weighted by Crippen LogP contribution is -2.39. The summed E-state index contributed by atoms with van der Waals surface area (Å²) in [6, 6.07) is 0. The van der Waals surface area contributed by atoms with Crippen LogP contribution in [0.3, 0.4) is 0 Å². The summed E-state index contributed by atoms with van der Waals surface area (Å²) < 4.78 is 0. The van der Waals surface area contributed by atoms with E-state index in [0.29, 0.717) is 37.4 Å². The maximum absolute atomic E-state index is 12.6.